The van der Waals surface area contributed by atoms with Gasteiger partial charge in [-0.05, 0) is 50.1 Å². The number of carbonyl (C=O) groups is 2. The summed E-state index contributed by atoms with van der Waals surface area (Å²) in [5.41, 5.74) is 3.00. The quantitative estimate of drug-likeness (QED) is 0.851. The average Bonchev–Trinajstić information content (AvgIpc) is 2.53. The number of amides is 2. The van der Waals surface area contributed by atoms with Crippen LogP contribution in [0.15, 0.2) is 42.5 Å². The van der Waals surface area contributed by atoms with Gasteiger partial charge in [0.2, 0.25) is 0 Å². The second kappa shape index (κ2) is 7.45. The van der Waals surface area contributed by atoms with E-state index in [1.807, 2.05) is 39.0 Å². The second-order valence-electron chi connectivity index (χ2n) is 5.16. The Labute approximate surface area is 135 Å². The van der Waals surface area contributed by atoms with E-state index in [1.54, 1.807) is 24.3 Å². The molecule has 2 N–H and O–H groups in total. The van der Waals surface area contributed by atoms with Gasteiger partial charge in [0.15, 0.2) is 0 Å². The third kappa shape index (κ3) is 4.32. The van der Waals surface area contributed by atoms with Crippen molar-refractivity contribution in [3.63, 3.8) is 0 Å². The first-order chi connectivity index (χ1) is 11.0. The molecule has 2 amide bonds. The lowest BCUT2D eigenvalue weighted by atomic mass is 10.1. The Bertz CT molecular complexity index is 726. The lowest BCUT2D eigenvalue weighted by Crippen LogP contribution is -2.29. The van der Waals surface area contributed by atoms with Crippen LogP contribution in [0, 0.1) is 13.8 Å². The maximum absolute atomic E-state index is 12.1. The van der Waals surface area contributed by atoms with Gasteiger partial charge in [-0.25, -0.2) is 0 Å². The van der Waals surface area contributed by atoms with Gasteiger partial charge in [0, 0.05) is 5.69 Å². The van der Waals surface area contributed by atoms with Crippen LogP contribution in [0.25, 0.3) is 0 Å². The number of para-hydroxylation sites is 2. The molecule has 0 aromatic heterocycles. The van der Waals surface area contributed by atoms with E-state index < -0.39 is 11.8 Å². The van der Waals surface area contributed by atoms with Crippen LogP contribution in [0.2, 0.25) is 0 Å². The van der Waals surface area contributed by atoms with Crippen LogP contribution in [-0.4, -0.2) is 18.4 Å². The molecule has 0 aliphatic rings. The van der Waals surface area contributed by atoms with Crippen LogP contribution in [0.3, 0.4) is 0 Å². The monoisotopic (exact) mass is 312 g/mol. The summed E-state index contributed by atoms with van der Waals surface area (Å²) in [6.45, 7) is 6.12. The molecule has 0 bridgehead atoms. The summed E-state index contributed by atoms with van der Waals surface area (Å²) in [6, 6.07) is 12.7. The predicted molar refractivity (Wildman–Crippen MR) is 90.8 cm³/mol. The number of aryl methyl sites for hydroxylation is 2. The van der Waals surface area contributed by atoms with E-state index in [2.05, 4.69) is 10.6 Å². The van der Waals surface area contributed by atoms with E-state index in [9.17, 15) is 9.59 Å². The van der Waals surface area contributed by atoms with Gasteiger partial charge in [-0.15, -0.1) is 0 Å². The Morgan fingerprint density at radius 1 is 0.957 bits per heavy atom. The first kappa shape index (κ1) is 16.5. The maximum atomic E-state index is 12.1. The summed E-state index contributed by atoms with van der Waals surface area (Å²) in [7, 11) is 0. The Morgan fingerprint density at radius 2 is 1.61 bits per heavy atom. The summed E-state index contributed by atoms with van der Waals surface area (Å²) >= 11 is 0. The zero-order valence-corrected chi connectivity index (χ0v) is 13.5. The van der Waals surface area contributed by atoms with E-state index in [0.29, 0.717) is 23.7 Å². The Kier molecular flexibility index (Phi) is 5.36. The van der Waals surface area contributed by atoms with Gasteiger partial charge in [0.25, 0.3) is 0 Å². The van der Waals surface area contributed by atoms with Crippen molar-refractivity contribution in [1.29, 1.82) is 0 Å². The van der Waals surface area contributed by atoms with Crippen LogP contribution >= 0.6 is 0 Å². The van der Waals surface area contributed by atoms with E-state index in [0.717, 1.165) is 11.1 Å². The number of anilines is 2. The molecule has 0 fully saturated rings. The number of carbonyl (C=O) groups excluding carboxylic acids is 2. The highest BCUT2D eigenvalue weighted by atomic mass is 16.5. The van der Waals surface area contributed by atoms with Gasteiger partial charge in [-0.3, -0.25) is 9.59 Å². The molecule has 0 atom stereocenters. The second-order valence-corrected chi connectivity index (χ2v) is 5.16. The molecule has 0 unspecified atom stereocenters. The summed E-state index contributed by atoms with van der Waals surface area (Å²) in [5.74, 6) is -0.925. The standard InChI is InChI=1S/C18H20N2O3/c1-4-23-16-8-6-5-7-14(16)19-17(21)18(22)20-15-11-12(2)9-10-13(15)3/h5-11H,4H2,1-3H3,(H,19,21)(H,20,22). The summed E-state index contributed by atoms with van der Waals surface area (Å²) in [5, 5.41) is 5.20. The third-order valence-electron chi connectivity index (χ3n) is 3.28. The van der Waals surface area contributed by atoms with E-state index in [4.69, 9.17) is 4.74 Å². The van der Waals surface area contributed by atoms with Crippen molar-refractivity contribution in [2.24, 2.45) is 0 Å². The highest BCUT2D eigenvalue weighted by molar-refractivity contribution is 6.43. The molecule has 2 aromatic carbocycles. The van der Waals surface area contributed by atoms with Crippen LogP contribution in [0.5, 0.6) is 5.75 Å². The summed E-state index contributed by atoms with van der Waals surface area (Å²) < 4.78 is 5.42. The van der Waals surface area contributed by atoms with Crippen LogP contribution in [0.1, 0.15) is 18.1 Å². The average molecular weight is 312 g/mol. The largest absolute Gasteiger partial charge is 0.492 e. The molecular weight excluding hydrogens is 292 g/mol. The van der Waals surface area contributed by atoms with Crippen molar-refractivity contribution in [2.75, 3.05) is 17.2 Å². The van der Waals surface area contributed by atoms with Crippen molar-refractivity contribution in [1.82, 2.24) is 0 Å². The fraction of sp³-hybridized carbons (Fsp3) is 0.222. The van der Waals surface area contributed by atoms with Crippen molar-refractivity contribution >= 4 is 23.2 Å². The number of benzene rings is 2. The van der Waals surface area contributed by atoms with Crippen LogP contribution in [-0.2, 0) is 9.59 Å². The van der Waals surface area contributed by atoms with Gasteiger partial charge in [-0.2, -0.15) is 0 Å². The highest BCUT2D eigenvalue weighted by Gasteiger charge is 2.16. The van der Waals surface area contributed by atoms with E-state index in [-0.39, 0.29) is 0 Å². The van der Waals surface area contributed by atoms with Gasteiger partial charge < -0.3 is 15.4 Å². The maximum Gasteiger partial charge on any atom is 0.314 e. The van der Waals surface area contributed by atoms with Crippen molar-refractivity contribution in [3.8, 4) is 5.75 Å². The van der Waals surface area contributed by atoms with Crippen molar-refractivity contribution in [2.45, 2.75) is 20.8 Å². The fourth-order valence-electron chi connectivity index (χ4n) is 2.08. The molecule has 0 saturated heterocycles. The Hall–Kier alpha value is -2.82. The van der Waals surface area contributed by atoms with Gasteiger partial charge in [-0.1, -0.05) is 24.3 Å². The SMILES string of the molecule is CCOc1ccccc1NC(=O)C(=O)Nc1cc(C)ccc1C. The molecule has 2 rings (SSSR count). The Morgan fingerprint density at radius 3 is 2.30 bits per heavy atom. The number of nitrogens with one attached hydrogen (secondary N) is 2. The minimum absolute atomic E-state index is 0.468. The lowest BCUT2D eigenvalue weighted by molar-refractivity contribution is -0.133. The molecule has 120 valence electrons. The topological polar surface area (TPSA) is 67.4 Å². The molecule has 0 aliphatic heterocycles. The number of hydrogen-bond acceptors (Lipinski definition) is 3. The molecule has 5 nitrogen and oxygen atoms in total. The molecule has 0 saturated carbocycles. The third-order valence-corrected chi connectivity index (χ3v) is 3.28. The summed E-state index contributed by atoms with van der Waals surface area (Å²) in [4.78, 5) is 24.2. The summed E-state index contributed by atoms with van der Waals surface area (Å²) in [6.07, 6.45) is 0. The lowest BCUT2D eigenvalue weighted by Gasteiger charge is -2.12. The van der Waals surface area contributed by atoms with Crippen LogP contribution in [0.4, 0.5) is 11.4 Å². The van der Waals surface area contributed by atoms with Crippen LogP contribution < -0.4 is 15.4 Å². The predicted octanol–water partition coefficient (Wildman–Crippen LogP) is 3.28. The smallest absolute Gasteiger partial charge is 0.314 e. The van der Waals surface area contributed by atoms with Gasteiger partial charge in [0.1, 0.15) is 5.75 Å². The normalized spacial score (nSPS) is 10.0. The number of hydrogen-bond donors (Lipinski definition) is 2. The molecule has 23 heavy (non-hydrogen) atoms. The molecule has 5 heteroatoms. The van der Waals surface area contributed by atoms with Crippen molar-refractivity contribution < 1.29 is 14.3 Å². The molecular formula is C18H20N2O3. The zero-order chi connectivity index (χ0) is 16.8. The minimum atomic E-state index is -0.738. The number of ether oxygens (including phenoxy) is 1. The van der Waals surface area contributed by atoms with E-state index in [1.165, 1.54) is 0 Å². The van der Waals surface area contributed by atoms with Crippen molar-refractivity contribution in [3.05, 3.63) is 53.6 Å². The first-order valence-corrected chi connectivity index (χ1v) is 7.42. The molecule has 0 radical (unpaired) electrons. The molecule has 2 aromatic rings. The molecule has 0 heterocycles. The van der Waals surface area contributed by atoms with E-state index >= 15 is 0 Å². The minimum Gasteiger partial charge on any atom is -0.492 e. The Balaban J connectivity index is 2.09. The molecule has 0 aliphatic carbocycles. The zero-order valence-electron chi connectivity index (χ0n) is 13.5. The number of rotatable bonds is 4. The van der Waals surface area contributed by atoms with Gasteiger partial charge >= 0.3 is 11.8 Å². The molecule has 0 spiro atoms. The van der Waals surface area contributed by atoms with Gasteiger partial charge in [0.05, 0.1) is 12.3 Å². The fourth-order valence-corrected chi connectivity index (χ4v) is 2.08. The highest BCUT2D eigenvalue weighted by Crippen LogP contribution is 2.23. The first-order valence-electron chi connectivity index (χ1n) is 7.42.